The molecule has 0 saturated heterocycles. The Hall–Kier alpha value is -1.54. The number of nitrogens with two attached hydrogens (primary N) is 1. The van der Waals surface area contributed by atoms with Crippen LogP contribution in [0, 0.1) is 0 Å². The van der Waals surface area contributed by atoms with Crippen LogP contribution < -0.4 is 5.73 Å². The number of hydrogen-bond acceptors (Lipinski definition) is 2. The van der Waals surface area contributed by atoms with E-state index in [1.54, 1.807) is 6.26 Å². The predicted octanol–water partition coefficient (Wildman–Crippen LogP) is 2.16. The topological polar surface area (TPSA) is 35.2 Å². The normalized spacial score (nSPS) is 19.6. The highest BCUT2D eigenvalue weighted by Crippen LogP contribution is 2.15. The van der Waals surface area contributed by atoms with E-state index in [2.05, 4.69) is 0 Å². The Balaban J connectivity index is 2.13. The molecule has 0 bridgehead atoms. The smallest absolute Gasteiger partial charge is 0.112 e. The minimum absolute atomic E-state index is 0.0439. The molecule has 14 heavy (non-hydrogen) atoms. The van der Waals surface area contributed by atoms with E-state index < -0.39 is 0 Å². The molecule has 0 radical (unpaired) electrons. The van der Waals surface area contributed by atoms with E-state index in [4.69, 9.17) is 10.5 Å². The van der Waals surface area contributed by atoms with Gasteiger partial charge < -0.3 is 10.5 Å². The average molecular weight is 187 g/mol. The van der Waals surface area contributed by atoms with E-state index in [1.807, 2.05) is 42.5 Å². The van der Waals surface area contributed by atoms with Gasteiger partial charge in [-0.25, -0.2) is 0 Å². The maximum absolute atomic E-state index is 6.01. The summed E-state index contributed by atoms with van der Waals surface area (Å²) in [6.45, 7) is 0.639. The van der Waals surface area contributed by atoms with Crippen LogP contribution in [0.3, 0.4) is 0 Å². The molecule has 0 amide bonds. The molecular formula is C12H13NO. The van der Waals surface area contributed by atoms with Crippen molar-refractivity contribution in [3.8, 4) is 0 Å². The number of ether oxygens (including phenoxy) is 1. The number of benzene rings is 1. The van der Waals surface area contributed by atoms with Crippen LogP contribution in [0.2, 0.25) is 0 Å². The van der Waals surface area contributed by atoms with Gasteiger partial charge in [0.25, 0.3) is 0 Å². The molecule has 1 aromatic rings. The van der Waals surface area contributed by atoms with Crippen LogP contribution in [0.15, 0.2) is 54.3 Å². The van der Waals surface area contributed by atoms with Crippen LogP contribution in [-0.4, -0.2) is 6.61 Å². The van der Waals surface area contributed by atoms with E-state index in [0.717, 1.165) is 11.1 Å². The third kappa shape index (κ3) is 2.03. The Morgan fingerprint density at radius 3 is 2.71 bits per heavy atom. The lowest BCUT2D eigenvalue weighted by atomic mass is 10.1. The zero-order valence-corrected chi connectivity index (χ0v) is 7.89. The number of hydrogen-bond donors (Lipinski definition) is 1. The summed E-state index contributed by atoms with van der Waals surface area (Å²) in [5, 5.41) is 0. The van der Waals surface area contributed by atoms with E-state index in [0.29, 0.717) is 6.61 Å². The molecule has 1 heterocycles. The number of rotatable bonds is 2. The van der Waals surface area contributed by atoms with Crippen LogP contribution in [0.25, 0.3) is 0 Å². The first-order valence-electron chi connectivity index (χ1n) is 4.65. The lowest BCUT2D eigenvalue weighted by Gasteiger charge is -2.07. The van der Waals surface area contributed by atoms with Gasteiger partial charge in [-0.15, -0.1) is 0 Å². The van der Waals surface area contributed by atoms with Crippen LogP contribution in [0.4, 0.5) is 0 Å². The fraction of sp³-hybridized carbons (Fsp3) is 0.167. The van der Waals surface area contributed by atoms with Crippen molar-refractivity contribution in [2.75, 3.05) is 6.61 Å². The molecule has 0 saturated carbocycles. The highest BCUT2D eigenvalue weighted by molar-refractivity contribution is 5.29. The van der Waals surface area contributed by atoms with Crippen molar-refractivity contribution >= 4 is 0 Å². The molecule has 0 fully saturated rings. The molecule has 1 aliphatic rings. The van der Waals surface area contributed by atoms with Gasteiger partial charge in [0, 0.05) is 6.04 Å². The maximum Gasteiger partial charge on any atom is 0.112 e. The quantitative estimate of drug-likeness (QED) is 0.770. The predicted molar refractivity (Wildman–Crippen MR) is 56.5 cm³/mol. The minimum Gasteiger partial charge on any atom is -0.497 e. The molecular weight excluding hydrogens is 174 g/mol. The maximum atomic E-state index is 6.01. The second-order valence-electron chi connectivity index (χ2n) is 3.29. The Morgan fingerprint density at radius 2 is 2.07 bits per heavy atom. The third-order valence-corrected chi connectivity index (χ3v) is 2.21. The second kappa shape index (κ2) is 4.11. The van der Waals surface area contributed by atoms with Gasteiger partial charge in [0.15, 0.2) is 0 Å². The minimum atomic E-state index is -0.0439. The Morgan fingerprint density at radius 1 is 1.29 bits per heavy atom. The summed E-state index contributed by atoms with van der Waals surface area (Å²) in [5.74, 6) is 0. The summed E-state index contributed by atoms with van der Waals surface area (Å²) < 4.78 is 5.09. The monoisotopic (exact) mass is 187 g/mol. The fourth-order valence-electron chi connectivity index (χ4n) is 1.43. The first-order valence-corrected chi connectivity index (χ1v) is 4.65. The summed E-state index contributed by atoms with van der Waals surface area (Å²) in [5.41, 5.74) is 8.27. The Labute approximate surface area is 83.7 Å². The van der Waals surface area contributed by atoms with Crippen molar-refractivity contribution in [2.24, 2.45) is 5.73 Å². The molecule has 0 spiro atoms. The van der Waals surface area contributed by atoms with Crippen molar-refractivity contribution in [2.45, 2.75) is 6.04 Å². The van der Waals surface area contributed by atoms with E-state index >= 15 is 0 Å². The van der Waals surface area contributed by atoms with Gasteiger partial charge in [-0.05, 0) is 17.2 Å². The zero-order chi connectivity index (χ0) is 9.80. The van der Waals surface area contributed by atoms with Crippen LogP contribution in [0.1, 0.15) is 11.6 Å². The van der Waals surface area contributed by atoms with Crippen molar-refractivity contribution in [3.63, 3.8) is 0 Å². The van der Waals surface area contributed by atoms with Crippen molar-refractivity contribution in [1.82, 2.24) is 0 Å². The van der Waals surface area contributed by atoms with Crippen molar-refractivity contribution in [3.05, 3.63) is 59.9 Å². The second-order valence-corrected chi connectivity index (χ2v) is 3.29. The fourth-order valence-corrected chi connectivity index (χ4v) is 1.43. The zero-order valence-electron chi connectivity index (χ0n) is 7.89. The molecule has 2 rings (SSSR count). The Bertz CT molecular complexity index is 354. The van der Waals surface area contributed by atoms with Crippen molar-refractivity contribution in [1.29, 1.82) is 0 Å². The molecule has 0 aromatic heterocycles. The van der Waals surface area contributed by atoms with Gasteiger partial charge in [-0.1, -0.05) is 36.4 Å². The molecule has 1 aromatic carbocycles. The van der Waals surface area contributed by atoms with Crippen LogP contribution in [-0.2, 0) is 4.74 Å². The van der Waals surface area contributed by atoms with Crippen LogP contribution >= 0.6 is 0 Å². The average Bonchev–Trinajstić information content (AvgIpc) is 2.72. The molecule has 72 valence electrons. The SMILES string of the molecule is N[C@@H](C=C1C=COC1)c1ccccc1. The summed E-state index contributed by atoms with van der Waals surface area (Å²) in [7, 11) is 0. The molecule has 0 aliphatic carbocycles. The summed E-state index contributed by atoms with van der Waals surface area (Å²) in [6.07, 6.45) is 5.67. The molecule has 1 atom stereocenters. The van der Waals surface area contributed by atoms with E-state index in [1.165, 1.54) is 0 Å². The third-order valence-electron chi connectivity index (χ3n) is 2.21. The summed E-state index contributed by atoms with van der Waals surface area (Å²) in [4.78, 5) is 0. The molecule has 1 aliphatic heterocycles. The highest BCUT2D eigenvalue weighted by Gasteiger charge is 2.05. The van der Waals surface area contributed by atoms with Crippen LogP contribution in [0.5, 0.6) is 0 Å². The van der Waals surface area contributed by atoms with Gasteiger partial charge in [0.1, 0.15) is 6.61 Å². The van der Waals surface area contributed by atoms with Gasteiger partial charge >= 0.3 is 0 Å². The molecule has 2 heteroatoms. The first-order chi connectivity index (χ1) is 6.86. The van der Waals surface area contributed by atoms with Gasteiger partial charge in [0.2, 0.25) is 0 Å². The summed E-state index contributed by atoms with van der Waals surface area (Å²) in [6, 6.07) is 9.99. The van der Waals surface area contributed by atoms with Gasteiger partial charge in [0.05, 0.1) is 6.26 Å². The molecule has 2 N–H and O–H groups in total. The molecule has 0 unspecified atom stereocenters. The summed E-state index contributed by atoms with van der Waals surface area (Å²) >= 11 is 0. The lowest BCUT2D eigenvalue weighted by molar-refractivity contribution is 0.301. The van der Waals surface area contributed by atoms with Gasteiger partial charge in [-0.3, -0.25) is 0 Å². The van der Waals surface area contributed by atoms with Crippen molar-refractivity contribution < 1.29 is 4.74 Å². The highest BCUT2D eigenvalue weighted by atomic mass is 16.5. The largest absolute Gasteiger partial charge is 0.497 e. The standard InChI is InChI=1S/C12H13NO/c13-12(8-10-6-7-14-9-10)11-4-2-1-3-5-11/h1-8,12H,9,13H2/t12-/m0/s1. The first kappa shape index (κ1) is 9.03. The van der Waals surface area contributed by atoms with Gasteiger partial charge in [-0.2, -0.15) is 0 Å². The van der Waals surface area contributed by atoms with E-state index in [9.17, 15) is 0 Å². The van der Waals surface area contributed by atoms with E-state index in [-0.39, 0.29) is 6.04 Å². The lowest BCUT2D eigenvalue weighted by Crippen LogP contribution is -2.07. The Kier molecular flexibility index (Phi) is 2.65. The molecule has 2 nitrogen and oxygen atoms in total.